The fourth-order valence-corrected chi connectivity index (χ4v) is 3.20. The molecule has 0 saturated carbocycles. The molecule has 0 aliphatic carbocycles. The van der Waals surface area contributed by atoms with Crippen LogP contribution in [0, 0.1) is 6.92 Å². The van der Waals surface area contributed by atoms with Gasteiger partial charge in [0.25, 0.3) is 0 Å². The lowest BCUT2D eigenvalue weighted by atomic mass is 10.1. The number of nitrogens with zero attached hydrogens (tertiary/aromatic N) is 1. The van der Waals surface area contributed by atoms with E-state index in [1.54, 1.807) is 0 Å². The maximum Gasteiger partial charge on any atom is 0.313 e. The number of carboxylic acids is 1. The smallest absolute Gasteiger partial charge is 0.313 e. The van der Waals surface area contributed by atoms with Gasteiger partial charge in [0.1, 0.15) is 0 Å². The van der Waals surface area contributed by atoms with E-state index >= 15 is 0 Å². The monoisotopic (exact) mass is 275 g/mol. The number of hydrogen-bond donors (Lipinski definition) is 1. The molecule has 4 heteroatoms. The number of hydrogen-bond acceptors (Lipinski definition) is 3. The van der Waals surface area contributed by atoms with Gasteiger partial charge in [-0.25, -0.2) is 0 Å². The van der Waals surface area contributed by atoms with E-state index in [4.69, 9.17) is 5.11 Å². The molecule has 3 nitrogen and oxygen atoms in total. The number of thioether (sulfide) groups is 1. The highest BCUT2D eigenvalue weighted by molar-refractivity contribution is 8.00. The SMILES string of the molecule is CCCc1c(C)nc2ccccc2c1SCC(=O)O. The largest absolute Gasteiger partial charge is 0.481 e. The Balaban J connectivity index is 2.58. The fourth-order valence-electron chi connectivity index (χ4n) is 2.18. The third-order valence-electron chi connectivity index (χ3n) is 2.99. The Morgan fingerprint density at radius 2 is 2.11 bits per heavy atom. The minimum atomic E-state index is -0.786. The normalized spacial score (nSPS) is 10.8. The number of carbonyl (C=O) groups is 1. The van der Waals surface area contributed by atoms with Crippen LogP contribution in [-0.4, -0.2) is 21.8 Å². The summed E-state index contributed by atoms with van der Waals surface area (Å²) in [5.41, 5.74) is 3.13. The molecule has 1 N–H and O–H groups in total. The van der Waals surface area contributed by atoms with Crippen LogP contribution >= 0.6 is 11.8 Å². The minimum absolute atomic E-state index is 0.0875. The zero-order valence-corrected chi connectivity index (χ0v) is 12.0. The molecular formula is C15H17NO2S. The van der Waals surface area contributed by atoms with Gasteiger partial charge in [0.05, 0.1) is 11.3 Å². The van der Waals surface area contributed by atoms with Crippen molar-refractivity contribution in [3.8, 4) is 0 Å². The first-order valence-electron chi connectivity index (χ1n) is 6.36. The molecule has 0 unspecified atom stereocenters. The van der Waals surface area contributed by atoms with Crippen molar-refractivity contribution in [3.63, 3.8) is 0 Å². The van der Waals surface area contributed by atoms with Gasteiger partial charge in [-0.1, -0.05) is 31.5 Å². The van der Waals surface area contributed by atoms with Gasteiger partial charge in [-0.2, -0.15) is 0 Å². The van der Waals surface area contributed by atoms with Crippen LogP contribution < -0.4 is 0 Å². The van der Waals surface area contributed by atoms with E-state index in [1.165, 1.54) is 17.3 Å². The van der Waals surface area contributed by atoms with Crippen molar-refractivity contribution >= 4 is 28.6 Å². The molecule has 0 amide bonds. The zero-order chi connectivity index (χ0) is 13.8. The van der Waals surface area contributed by atoms with E-state index in [0.717, 1.165) is 34.3 Å². The molecule has 0 aliphatic rings. The highest BCUT2D eigenvalue weighted by Crippen LogP contribution is 2.33. The Labute approximate surface area is 117 Å². The van der Waals surface area contributed by atoms with Gasteiger partial charge in [-0.05, 0) is 25.0 Å². The fraction of sp³-hybridized carbons (Fsp3) is 0.333. The number of aliphatic carboxylic acids is 1. The summed E-state index contributed by atoms with van der Waals surface area (Å²) in [6.07, 6.45) is 1.97. The van der Waals surface area contributed by atoms with Gasteiger partial charge in [-0.3, -0.25) is 9.78 Å². The second-order valence-corrected chi connectivity index (χ2v) is 5.44. The molecule has 1 aromatic carbocycles. The number of pyridine rings is 1. The Bertz CT molecular complexity index is 610. The van der Waals surface area contributed by atoms with E-state index in [0.29, 0.717) is 0 Å². The van der Waals surface area contributed by atoms with Crippen LogP contribution in [0.1, 0.15) is 24.6 Å². The van der Waals surface area contributed by atoms with E-state index in [9.17, 15) is 4.79 Å². The van der Waals surface area contributed by atoms with E-state index in [2.05, 4.69) is 11.9 Å². The summed E-state index contributed by atoms with van der Waals surface area (Å²) in [5, 5.41) is 9.96. The molecule has 1 aromatic heterocycles. The van der Waals surface area contributed by atoms with Crippen LogP contribution in [-0.2, 0) is 11.2 Å². The highest BCUT2D eigenvalue weighted by Gasteiger charge is 2.13. The summed E-state index contributed by atoms with van der Waals surface area (Å²) < 4.78 is 0. The van der Waals surface area contributed by atoms with Crippen LogP contribution in [0.2, 0.25) is 0 Å². The molecule has 0 spiro atoms. The average Bonchev–Trinajstić information content (AvgIpc) is 2.38. The highest BCUT2D eigenvalue weighted by atomic mass is 32.2. The van der Waals surface area contributed by atoms with Crippen molar-refractivity contribution in [2.24, 2.45) is 0 Å². The second-order valence-electron chi connectivity index (χ2n) is 4.45. The summed E-state index contributed by atoms with van der Waals surface area (Å²) in [6.45, 7) is 4.13. The quantitative estimate of drug-likeness (QED) is 0.846. The summed E-state index contributed by atoms with van der Waals surface area (Å²) in [5.74, 6) is -0.699. The van der Waals surface area contributed by atoms with Crippen LogP contribution in [0.15, 0.2) is 29.2 Å². The Morgan fingerprint density at radius 3 is 2.79 bits per heavy atom. The van der Waals surface area contributed by atoms with Crippen LogP contribution in [0.3, 0.4) is 0 Å². The Morgan fingerprint density at radius 1 is 1.37 bits per heavy atom. The lowest BCUT2D eigenvalue weighted by molar-refractivity contribution is -0.133. The first-order valence-corrected chi connectivity index (χ1v) is 7.34. The van der Waals surface area contributed by atoms with Crippen molar-refractivity contribution in [1.82, 2.24) is 4.98 Å². The molecule has 0 aliphatic heterocycles. The molecule has 0 radical (unpaired) electrons. The Hall–Kier alpha value is -1.55. The van der Waals surface area contributed by atoms with Crippen molar-refractivity contribution in [2.45, 2.75) is 31.6 Å². The molecule has 2 rings (SSSR count). The number of fused-ring (bicyclic) bond motifs is 1. The molecule has 1 heterocycles. The molecular weight excluding hydrogens is 258 g/mol. The zero-order valence-electron chi connectivity index (χ0n) is 11.1. The standard InChI is InChI=1S/C15H17NO2S/c1-3-6-11-10(2)16-13-8-5-4-7-12(13)15(11)19-9-14(17)18/h4-5,7-8H,3,6,9H2,1-2H3,(H,17,18). The maximum atomic E-state index is 10.8. The number of rotatable bonds is 5. The van der Waals surface area contributed by atoms with Crippen molar-refractivity contribution in [1.29, 1.82) is 0 Å². The second kappa shape index (κ2) is 6.06. The minimum Gasteiger partial charge on any atom is -0.481 e. The number of benzene rings is 1. The molecule has 0 atom stereocenters. The van der Waals surface area contributed by atoms with Gasteiger partial charge in [0.15, 0.2) is 0 Å². The summed E-state index contributed by atoms with van der Waals surface area (Å²) in [6, 6.07) is 7.92. The molecule has 2 aromatic rings. The maximum absolute atomic E-state index is 10.8. The van der Waals surface area contributed by atoms with Crippen LogP contribution in [0.25, 0.3) is 10.9 Å². The first-order chi connectivity index (χ1) is 9.13. The third kappa shape index (κ3) is 3.07. The van der Waals surface area contributed by atoms with E-state index < -0.39 is 5.97 Å². The average molecular weight is 275 g/mol. The van der Waals surface area contributed by atoms with Gasteiger partial charge in [0, 0.05) is 16.0 Å². The number of carboxylic acid groups (broad SMARTS) is 1. The van der Waals surface area contributed by atoms with Gasteiger partial charge < -0.3 is 5.11 Å². The molecule has 0 bridgehead atoms. The van der Waals surface area contributed by atoms with E-state index in [-0.39, 0.29) is 5.75 Å². The predicted octanol–water partition coefficient (Wildman–Crippen LogP) is 3.67. The predicted molar refractivity (Wildman–Crippen MR) is 78.8 cm³/mol. The molecule has 100 valence electrons. The summed E-state index contributed by atoms with van der Waals surface area (Å²) >= 11 is 1.40. The number of para-hydroxylation sites is 1. The third-order valence-corrected chi connectivity index (χ3v) is 4.13. The Kier molecular flexibility index (Phi) is 4.43. The van der Waals surface area contributed by atoms with Crippen molar-refractivity contribution in [3.05, 3.63) is 35.5 Å². The molecule has 0 fully saturated rings. The van der Waals surface area contributed by atoms with Gasteiger partial charge in [0.2, 0.25) is 0 Å². The first kappa shape index (κ1) is 13.9. The number of aryl methyl sites for hydroxylation is 1. The van der Waals surface area contributed by atoms with Crippen LogP contribution in [0.5, 0.6) is 0 Å². The summed E-state index contributed by atoms with van der Waals surface area (Å²) in [7, 11) is 0. The topological polar surface area (TPSA) is 50.2 Å². The lowest BCUT2D eigenvalue weighted by Gasteiger charge is -2.13. The van der Waals surface area contributed by atoms with Gasteiger partial charge >= 0.3 is 5.97 Å². The number of aromatic nitrogens is 1. The van der Waals surface area contributed by atoms with Gasteiger partial charge in [-0.15, -0.1) is 11.8 Å². The molecule has 19 heavy (non-hydrogen) atoms. The van der Waals surface area contributed by atoms with E-state index in [1.807, 2.05) is 31.2 Å². The lowest BCUT2D eigenvalue weighted by Crippen LogP contribution is -2.02. The molecule has 0 saturated heterocycles. The van der Waals surface area contributed by atoms with Crippen LogP contribution in [0.4, 0.5) is 0 Å². The summed E-state index contributed by atoms with van der Waals surface area (Å²) in [4.78, 5) is 16.5. The van der Waals surface area contributed by atoms with Crippen molar-refractivity contribution < 1.29 is 9.90 Å². The van der Waals surface area contributed by atoms with Crippen molar-refractivity contribution in [2.75, 3.05) is 5.75 Å².